The second-order valence-electron chi connectivity index (χ2n) is 6.26. The van der Waals surface area contributed by atoms with E-state index in [1.807, 2.05) is 17.2 Å². The third-order valence-corrected chi connectivity index (χ3v) is 4.85. The van der Waals surface area contributed by atoms with Gasteiger partial charge in [-0.3, -0.25) is 9.58 Å². The molecule has 0 spiro atoms. The van der Waals surface area contributed by atoms with Gasteiger partial charge in [0.2, 0.25) is 0 Å². The molecule has 2 aromatic heterocycles. The minimum absolute atomic E-state index is 0.460. The van der Waals surface area contributed by atoms with Crippen molar-refractivity contribution in [3.63, 3.8) is 0 Å². The number of nitrogens with zero attached hydrogens (tertiary/aromatic N) is 6. The van der Waals surface area contributed by atoms with Gasteiger partial charge in [-0.25, -0.2) is 9.67 Å². The van der Waals surface area contributed by atoms with Crippen LogP contribution < -0.4 is 0 Å². The molecule has 112 valence electrons. The lowest BCUT2D eigenvalue weighted by atomic mass is 9.93. The predicted octanol–water partition coefficient (Wildman–Crippen LogP) is 2.04. The van der Waals surface area contributed by atoms with Gasteiger partial charge in [0.15, 0.2) is 0 Å². The zero-order valence-electron chi connectivity index (χ0n) is 12.3. The molecule has 2 aliphatic rings. The molecular formula is C15H22N6. The highest BCUT2D eigenvalue weighted by molar-refractivity contribution is 5.03. The Morgan fingerprint density at radius 2 is 2.00 bits per heavy atom. The Morgan fingerprint density at radius 1 is 1.10 bits per heavy atom. The van der Waals surface area contributed by atoms with Crippen LogP contribution in [-0.4, -0.2) is 42.5 Å². The zero-order chi connectivity index (χ0) is 14.1. The predicted molar refractivity (Wildman–Crippen MR) is 78.7 cm³/mol. The van der Waals surface area contributed by atoms with Gasteiger partial charge in [-0.1, -0.05) is 0 Å². The Hall–Kier alpha value is -1.69. The van der Waals surface area contributed by atoms with Crippen LogP contribution in [0, 0.1) is 0 Å². The fourth-order valence-electron chi connectivity index (χ4n) is 3.45. The normalized spacial score (nSPS) is 24.1. The highest BCUT2D eigenvalue weighted by Crippen LogP contribution is 2.32. The second-order valence-corrected chi connectivity index (χ2v) is 6.26. The van der Waals surface area contributed by atoms with Crippen LogP contribution in [0.5, 0.6) is 0 Å². The molecule has 6 nitrogen and oxygen atoms in total. The van der Waals surface area contributed by atoms with Crippen molar-refractivity contribution in [2.75, 3.05) is 13.1 Å². The van der Waals surface area contributed by atoms with Crippen molar-refractivity contribution in [3.8, 4) is 0 Å². The summed E-state index contributed by atoms with van der Waals surface area (Å²) in [6.45, 7) is 3.22. The van der Waals surface area contributed by atoms with E-state index in [4.69, 9.17) is 0 Å². The molecular weight excluding hydrogens is 264 g/mol. The molecule has 6 heteroatoms. The second kappa shape index (κ2) is 5.60. The van der Waals surface area contributed by atoms with Gasteiger partial charge in [-0.2, -0.15) is 10.2 Å². The molecule has 0 radical (unpaired) electrons. The summed E-state index contributed by atoms with van der Waals surface area (Å²) < 4.78 is 4.26. The summed E-state index contributed by atoms with van der Waals surface area (Å²) >= 11 is 0. The van der Waals surface area contributed by atoms with Crippen LogP contribution in [0.4, 0.5) is 0 Å². The quantitative estimate of drug-likeness (QED) is 0.863. The average molecular weight is 286 g/mol. The van der Waals surface area contributed by atoms with E-state index in [9.17, 15) is 0 Å². The number of rotatable bonds is 4. The summed E-state index contributed by atoms with van der Waals surface area (Å²) in [5.74, 6) is 0. The third-order valence-electron chi connectivity index (χ3n) is 4.85. The van der Waals surface area contributed by atoms with E-state index < -0.39 is 0 Å². The summed E-state index contributed by atoms with van der Waals surface area (Å²) in [7, 11) is 0. The number of piperidine rings is 1. The smallest absolute Gasteiger partial charge is 0.137 e. The number of hydrogen-bond donors (Lipinski definition) is 0. The van der Waals surface area contributed by atoms with Crippen LogP contribution in [0.1, 0.15) is 49.9 Å². The summed E-state index contributed by atoms with van der Waals surface area (Å²) in [6.07, 6.45) is 11.8. The SMILES string of the molecule is c1ncn(C2CCCN(Cc3ccnn3C3CCC3)C2)n1. The Bertz CT molecular complexity index is 571. The number of aromatic nitrogens is 5. The van der Waals surface area contributed by atoms with E-state index in [1.165, 1.54) is 44.3 Å². The molecule has 1 aliphatic heterocycles. The first-order valence-corrected chi connectivity index (χ1v) is 7.99. The van der Waals surface area contributed by atoms with Gasteiger partial charge in [0.1, 0.15) is 12.7 Å². The molecule has 0 N–H and O–H groups in total. The van der Waals surface area contributed by atoms with Crippen molar-refractivity contribution in [2.24, 2.45) is 0 Å². The first-order valence-electron chi connectivity index (χ1n) is 7.99. The van der Waals surface area contributed by atoms with E-state index >= 15 is 0 Å². The van der Waals surface area contributed by atoms with Crippen molar-refractivity contribution < 1.29 is 0 Å². The van der Waals surface area contributed by atoms with Crippen molar-refractivity contribution in [1.82, 2.24) is 29.4 Å². The number of hydrogen-bond acceptors (Lipinski definition) is 4. The molecule has 0 bridgehead atoms. The van der Waals surface area contributed by atoms with Crippen LogP contribution in [0.25, 0.3) is 0 Å². The van der Waals surface area contributed by atoms with Crippen molar-refractivity contribution in [3.05, 3.63) is 30.6 Å². The molecule has 1 atom stereocenters. The monoisotopic (exact) mass is 286 g/mol. The molecule has 0 aromatic carbocycles. The Morgan fingerprint density at radius 3 is 2.76 bits per heavy atom. The van der Waals surface area contributed by atoms with Gasteiger partial charge < -0.3 is 0 Å². The molecule has 1 aliphatic carbocycles. The van der Waals surface area contributed by atoms with E-state index in [0.717, 1.165) is 13.1 Å². The maximum absolute atomic E-state index is 4.54. The Balaban J connectivity index is 1.43. The van der Waals surface area contributed by atoms with Crippen molar-refractivity contribution in [2.45, 2.75) is 50.7 Å². The van der Waals surface area contributed by atoms with Gasteiger partial charge in [0.25, 0.3) is 0 Å². The fraction of sp³-hybridized carbons (Fsp3) is 0.667. The lowest BCUT2D eigenvalue weighted by Gasteiger charge is -2.34. The van der Waals surface area contributed by atoms with Gasteiger partial charge in [0.05, 0.1) is 17.8 Å². The highest BCUT2D eigenvalue weighted by Gasteiger charge is 2.25. The molecule has 2 fully saturated rings. The highest BCUT2D eigenvalue weighted by atomic mass is 15.4. The molecule has 3 heterocycles. The zero-order valence-corrected chi connectivity index (χ0v) is 12.3. The third kappa shape index (κ3) is 2.60. The van der Waals surface area contributed by atoms with E-state index in [1.54, 1.807) is 6.33 Å². The standard InChI is InChI=1S/C15H22N6/c1-3-13(4-1)21-15(6-7-17-21)10-19-8-2-5-14(9-19)20-12-16-11-18-20/h6-7,11-14H,1-5,8-10H2. The molecule has 1 saturated heterocycles. The van der Waals surface area contributed by atoms with Gasteiger partial charge in [0, 0.05) is 19.3 Å². The average Bonchev–Trinajstić information content (AvgIpc) is 3.10. The minimum atomic E-state index is 0.460. The summed E-state index contributed by atoms with van der Waals surface area (Å²) in [4.78, 5) is 6.60. The first-order chi connectivity index (χ1) is 10.4. The van der Waals surface area contributed by atoms with E-state index in [-0.39, 0.29) is 0 Å². The Kier molecular flexibility index (Phi) is 3.47. The van der Waals surface area contributed by atoms with Crippen LogP contribution in [-0.2, 0) is 6.54 Å². The largest absolute Gasteiger partial charge is 0.295 e. The van der Waals surface area contributed by atoms with Crippen LogP contribution in [0.3, 0.4) is 0 Å². The number of likely N-dealkylation sites (tertiary alicyclic amines) is 1. The lowest BCUT2D eigenvalue weighted by Crippen LogP contribution is -2.37. The molecule has 0 amide bonds. The molecule has 1 unspecified atom stereocenters. The van der Waals surface area contributed by atoms with E-state index in [2.05, 4.69) is 30.8 Å². The van der Waals surface area contributed by atoms with Gasteiger partial charge in [-0.05, 0) is 44.7 Å². The molecule has 21 heavy (non-hydrogen) atoms. The minimum Gasteiger partial charge on any atom is -0.295 e. The lowest BCUT2D eigenvalue weighted by molar-refractivity contribution is 0.155. The van der Waals surface area contributed by atoms with Gasteiger partial charge in [-0.15, -0.1) is 0 Å². The van der Waals surface area contributed by atoms with Gasteiger partial charge >= 0.3 is 0 Å². The maximum Gasteiger partial charge on any atom is 0.137 e. The maximum atomic E-state index is 4.54. The van der Waals surface area contributed by atoms with Crippen LogP contribution in [0.2, 0.25) is 0 Å². The molecule has 2 aromatic rings. The van der Waals surface area contributed by atoms with Crippen molar-refractivity contribution in [1.29, 1.82) is 0 Å². The van der Waals surface area contributed by atoms with Crippen LogP contribution >= 0.6 is 0 Å². The summed E-state index contributed by atoms with van der Waals surface area (Å²) in [6, 6.07) is 3.28. The Labute approximate surface area is 124 Å². The fourth-order valence-corrected chi connectivity index (χ4v) is 3.45. The first kappa shape index (κ1) is 13.0. The van der Waals surface area contributed by atoms with E-state index in [0.29, 0.717) is 12.1 Å². The van der Waals surface area contributed by atoms with Crippen LogP contribution in [0.15, 0.2) is 24.9 Å². The summed E-state index contributed by atoms with van der Waals surface area (Å²) in [5.41, 5.74) is 1.36. The molecule has 1 saturated carbocycles. The summed E-state index contributed by atoms with van der Waals surface area (Å²) in [5, 5.41) is 8.84. The van der Waals surface area contributed by atoms with Crippen molar-refractivity contribution >= 4 is 0 Å². The molecule has 4 rings (SSSR count). The topological polar surface area (TPSA) is 51.8 Å².